The fraction of sp³-hybridized carbons (Fsp3) is 0.348. The number of carbonyl (C=O) groups is 1. The minimum Gasteiger partial charge on any atom is -0.478 e. The van der Waals surface area contributed by atoms with E-state index in [1.54, 1.807) is 6.07 Å². The first kappa shape index (κ1) is 18.4. The second kappa shape index (κ2) is 6.08. The van der Waals surface area contributed by atoms with Gasteiger partial charge >= 0.3 is 5.97 Å². The SMILES string of the molecule is Cc1cc2c(cc1Cc1ccc(C(=O)O)c(F)c1)C(C)(C)C=CC2(C)C. The fourth-order valence-electron chi connectivity index (χ4n) is 3.67. The van der Waals surface area contributed by atoms with Gasteiger partial charge in [-0.15, -0.1) is 0 Å². The van der Waals surface area contributed by atoms with Crippen molar-refractivity contribution in [3.8, 4) is 0 Å². The van der Waals surface area contributed by atoms with Crippen molar-refractivity contribution in [1.29, 1.82) is 0 Å². The van der Waals surface area contributed by atoms with Gasteiger partial charge in [0.1, 0.15) is 5.82 Å². The van der Waals surface area contributed by atoms with Crippen LogP contribution in [0.5, 0.6) is 0 Å². The van der Waals surface area contributed by atoms with Crippen molar-refractivity contribution in [1.82, 2.24) is 0 Å². The van der Waals surface area contributed by atoms with E-state index in [0.29, 0.717) is 6.42 Å². The minimum atomic E-state index is -1.24. The van der Waals surface area contributed by atoms with Crippen LogP contribution in [0.4, 0.5) is 4.39 Å². The van der Waals surface area contributed by atoms with Crippen molar-refractivity contribution in [3.05, 3.63) is 81.7 Å². The van der Waals surface area contributed by atoms with Crippen molar-refractivity contribution in [2.45, 2.75) is 51.9 Å². The molecule has 0 radical (unpaired) electrons. The summed E-state index contributed by atoms with van der Waals surface area (Å²) in [6.07, 6.45) is 5.11. The van der Waals surface area contributed by atoms with Gasteiger partial charge < -0.3 is 5.11 Å². The monoisotopic (exact) mass is 352 g/mol. The van der Waals surface area contributed by atoms with E-state index < -0.39 is 11.8 Å². The second-order valence-electron chi connectivity index (χ2n) is 8.40. The molecule has 1 aliphatic rings. The standard InChI is InChI=1S/C23H25FO2/c1-14-10-18-19(23(4,5)9-8-22(18,2)3)13-16(14)11-15-6-7-17(21(25)26)20(24)12-15/h6-10,12-13H,11H2,1-5H3,(H,25,26). The maximum atomic E-state index is 14.0. The predicted molar refractivity (Wildman–Crippen MR) is 103 cm³/mol. The van der Waals surface area contributed by atoms with Gasteiger partial charge in [-0.05, 0) is 53.3 Å². The van der Waals surface area contributed by atoms with Crippen LogP contribution < -0.4 is 0 Å². The van der Waals surface area contributed by atoms with Crippen molar-refractivity contribution < 1.29 is 14.3 Å². The number of allylic oxidation sites excluding steroid dienone is 2. The summed E-state index contributed by atoms with van der Waals surface area (Å²) >= 11 is 0. The molecule has 1 N–H and O–H groups in total. The van der Waals surface area contributed by atoms with Crippen LogP contribution in [0.15, 0.2) is 42.5 Å². The molecule has 0 atom stereocenters. The van der Waals surface area contributed by atoms with E-state index in [1.165, 1.54) is 28.8 Å². The number of halogens is 1. The summed E-state index contributed by atoms with van der Waals surface area (Å²) in [5, 5.41) is 8.98. The lowest BCUT2D eigenvalue weighted by Crippen LogP contribution is -2.29. The Kier molecular flexibility index (Phi) is 4.30. The molecular weight excluding hydrogens is 327 g/mol. The molecule has 3 heteroatoms. The van der Waals surface area contributed by atoms with Crippen LogP contribution in [-0.2, 0) is 17.3 Å². The molecule has 1 aliphatic carbocycles. The summed E-state index contributed by atoms with van der Waals surface area (Å²) in [6.45, 7) is 10.9. The average Bonchev–Trinajstić information content (AvgIpc) is 2.53. The lowest BCUT2D eigenvalue weighted by Gasteiger charge is -2.37. The van der Waals surface area contributed by atoms with E-state index in [-0.39, 0.29) is 16.4 Å². The van der Waals surface area contributed by atoms with Crippen molar-refractivity contribution in [2.75, 3.05) is 0 Å². The van der Waals surface area contributed by atoms with Crippen LogP contribution in [-0.4, -0.2) is 11.1 Å². The molecule has 0 fully saturated rings. The van der Waals surface area contributed by atoms with Crippen LogP contribution >= 0.6 is 0 Å². The summed E-state index contributed by atoms with van der Waals surface area (Å²) in [7, 11) is 0. The summed E-state index contributed by atoms with van der Waals surface area (Å²) in [5.74, 6) is -1.93. The van der Waals surface area contributed by atoms with Crippen LogP contribution in [0, 0.1) is 12.7 Å². The Morgan fingerprint density at radius 1 is 1.00 bits per heavy atom. The zero-order valence-corrected chi connectivity index (χ0v) is 16.0. The van der Waals surface area contributed by atoms with Crippen molar-refractivity contribution in [2.24, 2.45) is 0 Å². The first-order chi connectivity index (χ1) is 12.0. The van der Waals surface area contributed by atoms with Crippen LogP contribution in [0.1, 0.15) is 65.9 Å². The third-order valence-corrected chi connectivity index (χ3v) is 5.44. The topological polar surface area (TPSA) is 37.3 Å². The van der Waals surface area contributed by atoms with Gasteiger partial charge in [0.05, 0.1) is 5.56 Å². The Morgan fingerprint density at radius 3 is 2.12 bits per heavy atom. The summed E-state index contributed by atoms with van der Waals surface area (Å²) in [5.41, 5.74) is 5.38. The summed E-state index contributed by atoms with van der Waals surface area (Å²) in [4.78, 5) is 11.0. The van der Waals surface area contributed by atoms with Crippen molar-refractivity contribution in [3.63, 3.8) is 0 Å². The smallest absolute Gasteiger partial charge is 0.338 e. The zero-order valence-electron chi connectivity index (χ0n) is 16.0. The highest BCUT2D eigenvalue weighted by Crippen LogP contribution is 2.42. The molecule has 0 aliphatic heterocycles. The number of rotatable bonds is 3. The lowest BCUT2D eigenvalue weighted by molar-refractivity contribution is 0.0692. The van der Waals surface area contributed by atoms with Crippen LogP contribution in [0.3, 0.4) is 0 Å². The second-order valence-corrected chi connectivity index (χ2v) is 8.40. The number of aryl methyl sites for hydroxylation is 1. The van der Waals surface area contributed by atoms with E-state index in [2.05, 4.69) is 58.9 Å². The predicted octanol–water partition coefficient (Wildman–Crippen LogP) is 5.55. The Hall–Kier alpha value is -2.42. The highest BCUT2D eigenvalue weighted by molar-refractivity contribution is 5.87. The quantitative estimate of drug-likeness (QED) is 0.736. The fourth-order valence-corrected chi connectivity index (χ4v) is 3.67. The molecule has 26 heavy (non-hydrogen) atoms. The van der Waals surface area contributed by atoms with Gasteiger partial charge in [-0.3, -0.25) is 0 Å². The highest BCUT2D eigenvalue weighted by Gasteiger charge is 2.33. The number of hydrogen-bond acceptors (Lipinski definition) is 1. The van der Waals surface area contributed by atoms with E-state index in [9.17, 15) is 9.18 Å². The largest absolute Gasteiger partial charge is 0.478 e. The van der Waals surface area contributed by atoms with Crippen LogP contribution in [0.2, 0.25) is 0 Å². The molecule has 2 nitrogen and oxygen atoms in total. The van der Waals surface area contributed by atoms with Gasteiger partial charge in [0, 0.05) is 10.8 Å². The molecule has 0 unspecified atom stereocenters. The molecule has 136 valence electrons. The third-order valence-electron chi connectivity index (χ3n) is 5.44. The molecule has 0 saturated carbocycles. The van der Waals surface area contributed by atoms with Gasteiger partial charge in [-0.1, -0.05) is 58.0 Å². The van der Waals surface area contributed by atoms with Gasteiger partial charge in [0.25, 0.3) is 0 Å². The summed E-state index contributed by atoms with van der Waals surface area (Å²) < 4.78 is 14.0. The molecular formula is C23H25FO2. The minimum absolute atomic E-state index is 0.0105. The summed E-state index contributed by atoms with van der Waals surface area (Å²) in [6, 6.07) is 8.85. The molecule has 0 spiro atoms. The Labute approximate surface area is 154 Å². The average molecular weight is 352 g/mol. The Bertz CT molecular complexity index is 920. The van der Waals surface area contributed by atoms with Gasteiger partial charge in [0.15, 0.2) is 0 Å². The molecule has 0 bridgehead atoms. The number of aromatic carboxylic acids is 1. The third kappa shape index (κ3) is 3.18. The van der Waals surface area contributed by atoms with Gasteiger partial charge in [-0.25, -0.2) is 9.18 Å². The Morgan fingerprint density at radius 2 is 1.58 bits per heavy atom. The Balaban J connectivity index is 2.03. The number of carboxylic acids is 1. The molecule has 2 aromatic rings. The number of fused-ring (bicyclic) bond motifs is 1. The zero-order chi connectivity index (χ0) is 19.3. The molecule has 3 rings (SSSR count). The van der Waals surface area contributed by atoms with E-state index >= 15 is 0 Å². The normalized spacial score (nSPS) is 17.0. The first-order valence-corrected chi connectivity index (χ1v) is 8.88. The highest BCUT2D eigenvalue weighted by atomic mass is 19.1. The van der Waals surface area contributed by atoms with E-state index in [1.807, 2.05) is 0 Å². The molecule has 2 aromatic carbocycles. The van der Waals surface area contributed by atoms with E-state index in [4.69, 9.17) is 5.11 Å². The lowest BCUT2D eigenvalue weighted by atomic mass is 9.67. The molecule has 0 aromatic heterocycles. The van der Waals surface area contributed by atoms with Crippen LogP contribution in [0.25, 0.3) is 0 Å². The maximum Gasteiger partial charge on any atom is 0.338 e. The maximum absolute atomic E-state index is 14.0. The van der Waals surface area contributed by atoms with Gasteiger partial charge in [-0.2, -0.15) is 0 Å². The molecule has 0 heterocycles. The van der Waals surface area contributed by atoms with E-state index in [0.717, 1.165) is 11.1 Å². The number of carboxylic acid groups (broad SMARTS) is 1. The first-order valence-electron chi connectivity index (χ1n) is 8.88. The number of benzene rings is 2. The molecule has 0 saturated heterocycles. The molecule has 0 amide bonds. The number of hydrogen-bond donors (Lipinski definition) is 1. The van der Waals surface area contributed by atoms with Crippen molar-refractivity contribution >= 4 is 5.97 Å². The van der Waals surface area contributed by atoms with Gasteiger partial charge in [0.2, 0.25) is 0 Å².